The first-order chi connectivity index (χ1) is 8.58. The van der Waals surface area contributed by atoms with Crippen LogP contribution < -0.4 is 10.6 Å². The molecular formula is C14H15N3S. The van der Waals surface area contributed by atoms with Crippen LogP contribution in [0.5, 0.6) is 0 Å². The number of aromatic nitrogens is 1. The molecule has 0 bridgehead atoms. The zero-order valence-electron chi connectivity index (χ0n) is 10.4. The van der Waals surface area contributed by atoms with Crippen molar-refractivity contribution in [3.05, 3.63) is 53.9 Å². The van der Waals surface area contributed by atoms with Gasteiger partial charge in [0, 0.05) is 24.6 Å². The van der Waals surface area contributed by atoms with Crippen LogP contribution in [0.15, 0.2) is 42.6 Å². The van der Waals surface area contributed by atoms with Crippen LogP contribution in [-0.4, -0.2) is 17.0 Å². The van der Waals surface area contributed by atoms with Crippen molar-refractivity contribution in [3.63, 3.8) is 0 Å². The van der Waals surface area contributed by atoms with Crippen LogP contribution in [-0.2, 0) is 0 Å². The van der Waals surface area contributed by atoms with Crippen molar-refractivity contribution in [3.8, 4) is 0 Å². The molecule has 0 saturated carbocycles. The molecule has 0 aliphatic rings. The Kier molecular flexibility index (Phi) is 3.58. The second-order valence-corrected chi connectivity index (χ2v) is 4.60. The molecule has 92 valence electrons. The first kappa shape index (κ1) is 12.5. The summed E-state index contributed by atoms with van der Waals surface area (Å²) >= 11 is 4.94. The number of hydrogen-bond donors (Lipinski definition) is 1. The van der Waals surface area contributed by atoms with Gasteiger partial charge in [-0.3, -0.25) is 4.98 Å². The van der Waals surface area contributed by atoms with Crippen LogP contribution in [0.3, 0.4) is 0 Å². The van der Waals surface area contributed by atoms with Crippen LogP contribution in [0, 0.1) is 6.92 Å². The molecule has 18 heavy (non-hydrogen) atoms. The fourth-order valence-corrected chi connectivity index (χ4v) is 1.86. The molecule has 0 atom stereocenters. The Morgan fingerprint density at radius 1 is 1.22 bits per heavy atom. The van der Waals surface area contributed by atoms with E-state index < -0.39 is 0 Å². The number of thiocarbonyl (C=S) groups is 1. The molecule has 0 aliphatic carbocycles. The SMILES string of the molecule is Cc1cccc(N(C)c2ccnc(C(N)=S)c2)c1. The van der Waals surface area contributed by atoms with Crippen LogP contribution in [0.2, 0.25) is 0 Å². The summed E-state index contributed by atoms with van der Waals surface area (Å²) in [7, 11) is 2.01. The summed E-state index contributed by atoms with van der Waals surface area (Å²) in [5.41, 5.74) is 9.59. The fraction of sp³-hybridized carbons (Fsp3) is 0.143. The molecule has 0 unspecified atom stereocenters. The highest BCUT2D eigenvalue weighted by molar-refractivity contribution is 7.80. The molecule has 0 saturated heterocycles. The van der Waals surface area contributed by atoms with E-state index in [0.29, 0.717) is 10.7 Å². The molecule has 2 aromatic rings. The third-order valence-corrected chi connectivity index (χ3v) is 2.98. The number of anilines is 2. The minimum atomic E-state index is 0.314. The monoisotopic (exact) mass is 257 g/mol. The Labute approximate surface area is 112 Å². The molecule has 4 heteroatoms. The lowest BCUT2D eigenvalue weighted by atomic mass is 10.2. The van der Waals surface area contributed by atoms with Gasteiger partial charge in [0.25, 0.3) is 0 Å². The third kappa shape index (κ3) is 2.65. The van der Waals surface area contributed by atoms with E-state index in [2.05, 4.69) is 35.0 Å². The second kappa shape index (κ2) is 5.14. The van der Waals surface area contributed by atoms with Gasteiger partial charge >= 0.3 is 0 Å². The predicted molar refractivity (Wildman–Crippen MR) is 79.4 cm³/mol. The van der Waals surface area contributed by atoms with E-state index in [9.17, 15) is 0 Å². The van der Waals surface area contributed by atoms with Crippen molar-refractivity contribution in [2.45, 2.75) is 6.92 Å². The van der Waals surface area contributed by atoms with Gasteiger partial charge in [-0.15, -0.1) is 0 Å². The Balaban J connectivity index is 2.36. The summed E-state index contributed by atoms with van der Waals surface area (Å²) in [6.45, 7) is 2.07. The first-order valence-corrected chi connectivity index (χ1v) is 6.05. The molecule has 3 nitrogen and oxygen atoms in total. The minimum absolute atomic E-state index is 0.314. The zero-order chi connectivity index (χ0) is 13.1. The van der Waals surface area contributed by atoms with E-state index in [1.54, 1.807) is 6.20 Å². The highest BCUT2D eigenvalue weighted by Gasteiger charge is 2.06. The van der Waals surface area contributed by atoms with E-state index in [-0.39, 0.29) is 0 Å². The predicted octanol–water partition coefficient (Wildman–Crippen LogP) is 2.79. The average Bonchev–Trinajstić information content (AvgIpc) is 2.38. The Morgan fingerprint density at radius 3 is 2.61 bits per heavy atom. The lowest BCUT2D eigenvalue weighted by Crippen LogP contribution is -2.14. The van der Waals surface area contributed by atoms with Crippen LogP contribution >= 0.6 is 12.2 Å². The largest absolute Gasteiger partial charge is 0.388 e. The van der Waals surface area contributed by atoms with Gasteiger partial charge in [0.15, 0.2) is 0 Å². The highest BCUT2D eigenvalue weighted by atomic mass is 32.1. The lowest BCUT2D eigenvalue weighted by Gasteiger charge is -2.20. The number of nitrogens with zero attached hydrogens (tertiary/aromatic N) is 2. The maximum absolute atomic E-state index is 5.60. The molecule has 0 fully saturated rings. The van der Waals surface area contributed by atoms with Gasteiger partial charge < -0.3 is 10.6 Å². The molecule has 1 aromatic carbocycles. The molecule has 0 radical (unpaired) electrons. The molecule has 1 aromatic heterocycles. The summed E-state index contributed by atoms with van der Waals surface area (Å²) < 4.78 is 0. The van der Waals surface area contributed by atoms with Crippen LogP contribution in [0.1, 0.15) is 11.3 Å². The summed E-state index contributed by atoms with van der Waals surface area (Å²) in [6, 6.07) is 12.1. The standard InChI is InChI=1S/C14H15N3S/c1-10-4-3-5-11(8-10)17(2)12-6-7-16-13(9-12)14(15)18/h3-9H,1-2H3,(H2,15,18). The van der Waals surface area contributed by atoms with E-state index in [4.69, 9.17) is 18.0 Å². The molecule has 1 heterocycles. The Morgan fingerprint density at radius 2 is 1.94 bits per heavy atom. The zero-order valence-corrected chi connectivity index (χ0v) is 11.2. The quantitative estimate of drug-likeness (QED) is 0.859. The Bertz CT molecular complexity index is 581. The second-order valence-electron chi connectivity index (χ2n) is 4.16. The van der Waals surface area contributed by atoms with Crippen molar-refractivity contribution in [2.24, 2.45) is 5.73 Å². The molecule has 0 spiro atoms. The van der Waals surface area contributed by atoms with E-state index in [1.807, 2.05) is 25.2 Å². The summed E-state index contributed by atoms with van der Waals surface area (Å²) in [6.07, 6.45) is 1.72. The van der Waals surface area contributed by atoms with Crippen molar-refractivity contribution in [2.75, 3.05) is 11.9 Å². The summed E-state index contributed by atoms with van der Waals surface area (Å²) in [5.74, 6) is 0. The van der Waals surface area contributed by atoms with Crippen LogP contribution in [0.25, 0.3) is 0 Å². The fourth-order valence-electron chi connectivity index (χ4n) is 1.75. The topological polar surface area (TPSA) is 42.2 Å². The maximum atomic E-state index is 5.60. The van der Waals surface area contributed by atoms with Gasteiger partial charge in [0.05, 0.1) is 5.69 Å². The molecule has 2 rings (SSSR count). The third-order valence-electron chi connectivity index (χ3n) is 2.77. The summed E-state index contributed by atoms with van der Waals surface area (Å²) in [5, 5.41) is 0. The van der Waals surface area contributed by atoms with Crippen molar-refractivity contribution < 1.29 is 0 Å². The van der Waals surface area contributed by atoms with E-state index >= 15 is 0 Å². The van der Waals surface area contributed by atoms with Gasteiger partial charge in [-0.2, -0.15) is 0 Å². The highest BCUT2D eigenvalue weighted by Crippen LogP contribution is 2.24. The number of pyridine rings is 1. The minimum Gasteiger partial charge on any atom is -0.388 e. The van der Waals surface area contributed by atoms with Crippen molar-refractivity contribution in [1.82, 2.24) is 4.98 Å². The van der Waals surface area contributed by atoms with E-state index in [1.165, 1.54) is 5.56 Å². The summed E-state index contributed by atoms with van der Waals surface area (Å²) in [4.78, 5) is 6.53. The van der Waals surface area contributed by atoms with Gasteiger partial charge in [-0.25, -0.2) is 0 Å². The number of aryl methyl sites for hydroxylation is 1. The number of benzene rings is 1. The number of hydrogen-bond acceptors (Lipinski definition) is 3. The van der Waals surface area contributed by atoms with Gasteiger partial charge in [-0.1, -0.05) is 24.4 Å². The van der Waals surface area contributed by atoms with Gasteiger partial charge in [0.1, 0.15) is 4.99 Å². The number of nitrogens with two attached hydrogens (primary N) is 1. The van der Waals surface area contributed by atoms with Crippen LogP contribution in [0.4, 0.5) is 11.4 Å². The molecular weight excluding hydrogens is 242 g/mol. The maximum Gasteiger partial charge on any atom is 0.122 e. The van der Waals surface area contributed by atoms with Crippen molar-refractivity contribution in [1.29, 1.82) is 0 Å². The molecule has 0 aliphatic heterocycles. The smallest absolute Gasteiger partial charge is 0.122 e. The molecule has 0 amide bonds. The van der Waals surface area contributed by atoms with E-state index in [0.717, 1.165) is 11.4 Å². The lowest BCUT2D eigenvalue weighted by molar-refractivity contribution is 1.17. The number of rotatable bonds is 3. The average molecular weight is 257 g/mol. The van der Waals surface area contributed by atoms with Gasteiger partial charge in [-0.05, 0) is 36.8 Å². The van der Waals surface area contributed by atoms with Gasteiger partial charge in [0.2, 0.25) is 0 Å². The first-order valence-electron chi connectivity index (χ1n) is 5.64. The Hall–Kier alpha value is -1.94. The molecule has 2 N–H and O–H groups in total. The van der Waals surface area contributed by atoms with Crippen molar-refractivity contribution >= 4 is 28.6 Å². The normalized spacial score (nSPS) is 10.1.